The van der Waals surface area contributed by atoms with Crippen molar-refractivity contribution in [2.45, 2.75) is 34.6 Å². The van der Waals surface area contributed by atoms with Crippen molar-refractivity contribution in [2.24, 2.45) is 18.4 Å². The molecular weight excluding hydrogens is 258 g/mol. The number of hydrogen-bond donors (Lipinski definition) is 1. The summed E-state index contributed by atoms with van der Waals surface area (Å²) < 4.78 is 6.62. The Labute approximate surface area is 119 Å². The lowest BCUT2D eigenvalue weighted by Gasteiger charge is -2.27. The van der Waals surface area contributed by atoms with Gasteiger partial charge < -0.3 is 10.1 Å². The molecule has 1 amide bonds. The van der Waals surface area contributed by atoms with Gasteiger partial charge in [-0.1, -0.05) is 20.8 Å². The lowest BCUT2D eigenvalue weighted by atomic mass is 9.80. The second-order valence-corrected chi connectivity index (χ2v) is 5.84. The van der Waals surface area contributed by atoms with Crippen LogP contribution in [-0.4, -0.2) is 28.3 Å². The third kappa shape index (κ3) is 3.82. The first-order valence-electron chi connectivity index (χ1n) is 6.64. The van der Waals surface area contributed by atoms with Gasteiger partial charge >= 0.3 is 5.97 Å². The van der Waals surface area contributed by atoms with Gasteiger partial charge in [-0.15, -0.1) is 0 Å². The molecule has 1 rings (SSSR count). The van der Waals surface area contributed by atoms with Crippen LogP contribution in [0.25, 0.3) is 0 Å². The first kappa shape index (κ1) is 16.2. The highest BCUT2D eigenvalue weighted by molar-refractivity contribution is 6.05. The van der Waals surface area contributed by atoms with E-state index in [1.54, 1.807) is 31.8 Å². The lowest BCUT2D eigenvalue weighted by Crippen LogP contribution is -2.40. The molecular formula is C14H23N3O3. The summed E-state index contributed by atoms with van der Waals surface area (Å²) in [5.74, 6) is -1.73. The SMILES string of the molecule is CCOC(=O)C(C(=O)Nc1cn(C)nc1C)C(C)(C)C. The van der Waals surface area contributed by atoms with Crippen LogP contribution in [0, 0.1) is 18.3 Å². The number of hydrogen-bond acceptors (Lipinski definition) is 4. The van der Waals surface area contributed by atoms with Crippen molar-refractivity contribution in [1.29, 1.82) is 0 Å². The summed E-state index contributed by atoms with van der Waals surface area (Å²) in [4.78, 5) is 24.4. The zero-order chi connectivity index (χ0) is 15.5. The third-order valence-corrected chi connectivity index (χ3v) is 2.92. The van der Waals surface area contributed by atoms with Crippen LogP contribution in [0.15, 0.2) is 6.20 Å². The molecule has 0 aliphatic carbocycles. The van der Waals surface area contributed by atoms with Gasteiger partial charge in [-0.25, -0.2) is 0 Å². The van der Waals surface area contributed by atoms with Crippen LogP contribution in [0.1, 0.15) is 33.4 Å². The molecule has 20 heavy (non-hydrogen) atoms. The van der Waals surface area contributed by atoms with E-state index in [1.807, 2.05) is 20.8 Å². The first-order chi connectivity index (χ1) is 9.16. The van der Waals surface area contributed by atoms with Crippen LogP contribution in [0.5, 0.6) is 0 Å². The number of ether oxygens (including phenoxy) is 1. The van der Waals surface area contributed by atoms with Gasteiger partial charge in [0, 0.05) is 13.2 Å². The van der Waals surface area contributed by atoms with E-state index in [-0.39, 0.29) is 12.5 Å². The normalized spacial score (nSPS) is 12.9. The summed E-state index contributed by atoms with van der Waals surface area (Å²) in [5.41, 5.74) is 0.792. The number of nitrogens with zero attached hydrogens (tertiary/aromatic N) is 2. The van der Waals surface area contributed by atoms with Gasteiger partial charge in [0.15, 0.2) is 0 Å². The number of nitrogens with one attached hydrogen (secondary N) is 1. The highest BCUT2D eigenvalue weighted by Crippen LogP contribution is 2.28. The van der Waals surface area contributed by atoms with Crippen molar-refractivity contribution in [3.05, 3.63) is 11.9 Å². The Balaban J connectivity index is 2.94. The number of carbonyl (C=O) groups is 2. The largest absolute Gasteiger partial charge is 0.465 e. The van der Waals surface area contributed by atoms with E-state index in [1.165, 1.54) is 0 Å². The van der Waals surface area contributed by atoms with Crippen molar-refractivity contribution in [2.75, 3.05) is 11.9 Å². The van der Waals surface area contributed by atoms with E-state index < -0.39 is 17.3 Å². The smallest absolute Gasteiger partial charge is 0.319 e. The molecule has 0 radical (unpaired) electrons. The predicted octanol–water partition coefficient (Wildman–Crippen LogP) is 1.89. The van der Waals surface area contributed by atoms with Gasteiger partial charge in [0.2, 0.25) is 5.91 Å². The van der Waals surface area contributed by atoms with Crippen molar-refractivity contribution in [3.63, 3.8) is 0 Å². The van der Waals surface area contributed by atoms with Gasteiger partial charge in [-0.3, -0.25) is 14.3 Å². The van der Waals surface area contributed by atoms with Crippen molar-refractivity contribution < 1.29 is 14.3 Å². The zero-order valence-electron chi connectivity index (χ0n) is 13.0. The van der Waals surface area contributed by atoms with Crippen molar-refractivity contribution >= 4 is 17.6 Å². The summed E-state index contributed by atoms with van der Waals surface area (Å²) in [6.07, 6.45) is 1.71. The number of aryl methyl sites for hydroxylation is 2. The average Bonchev–Trinajstić information content (AvgIpc) is 2.55. The van der Waals surface area contributed by atoms with Gasteiger partial charge in [-0.05, 0) is 19.3 Å². The minimum atomic E-state index is -0.859. The Hall–Kier alpha value is -1.85. The van der Waals surface area contributed by atoms with Gasteiger partial charge in [0.05, 0.1) is 18.0 Å². The monoisotopic (exact) mass is 281 g/mol. The minimum absolute atomic E-state index is 0.255. The molecule has 1 heterocycles. The third-order valence-electron chi connectivity index (χ3n) is 2.92. The Morgan fingerprint density at radius 2 is 2.05 bits per heavy atom. The molecule has 0 fully saturated rings. The van der Waals surface area contributed by atoms with Gasteiger partial charge in [0.1, 0.15) is 5.92 Å². The molecule has 1 N–H and O–H groups in total. The number of esters is 1. The maximum atomic E-state index is 12.4. The summed E-state index contributed by atoms with van der Waals surface area (Å²) >= 11 is 0. The van der Waals surface area contributed by atoms with Gasteiger partial charge in [-0.2, -0.15) is 5.10 Å². The van der Waals surface area contributed by atoms with Crippen molar-refractivity contribution in [1.82, 2.24) is 9.78 Å². The molecule has 0 spiro atoms. The summed E-state index contributed by atoms with van der Waals surface area (Å²) in [6.45, 7) is 9.29. The van der Waals surface area contributed by atoms with Crippen LogP contribution < -0.4 is 5.32 Å². The quantitative estimate of drug-likeness (QED) is 0.675. The fourth-order valence-electron chi connectivity index (χ4n) is 2.01. The number of rotatable bonds is 4. The van der Waals surface area contributed by atoms with Crippen LogP contribution in [-0.2, 0) is 21.4 Å². The van der Waals surface area contributed by atoms with Crippen LogP contribution in [0.3, 0.4) is 0 Å². The fraction of sp³-hybridized carbons (Fsp3) is 0.643. The van der Waals surface area contributed by atoms with Crippen LogP contribution >= 0.6 is 0 Å². The topological polar surface area (TPSA) is 73.2 Å². The molecule has 0 saturated heterocycles. The van der Waals surface area contributed by atoms with E-state index in [0.717, 1.165) is 0 Å². The minimum Gasteiger partial charge on any atom is -0.465 e. The highest BCUT2D eigenvalue weighted by atomic mass is 16.5. The second kappa shape index (κ2) is 6.07. The maximum Gasteiger partial charge on any atom is 0.319 e. The Kier molecular flexibility index (Phi) is 4.92. The zero-order valence-corrected chi connectivity index (χ0v) is 13.0. The van der Waals surface area contributed by atoms with Crippen LogP contribution in [0.4, 0.5) is 5.69 Å². The van der Waals surface area contributed by atoms with Crippen LogP contribution in [0.2, 0.25) is 0 Å². The molecule has 0 aliphatic heterocycles. The molecule has 0 bridgehead atoms. The standard InChI is InChI=1S/C14H23N3O3/c1-7-20-13(19)11(14(3,4)5)12(18)15-10-8-17(6)16-9(10)2/h8,11H,7H2,1-6H3,(H,15,18). The second-order valence-electron chi connectivity index (χ2n) is 5.84. The predicted molar refractivity (Wildman–Crippen MR) is 76.2 cm³/mol. The molecule has 1 atom stereocenters. The highest BCUT2D eigenvalue weighted by Gasteiger charge is 2.39. The number of amides is 1. The Morgan fingerprint density at radius 3 is 2.45 bits per heavy atom. The molecule has 112 valence electrons. The fourth-order valence-corrected chi connectivity index (χ4v) is 2.01. The first-order valence-corrected chi connectivity index (χ1v) is 6.64. The Morgan fingerprint density at radius 1 is 1.45 bits per heavy atom. The number of anilines is 1. The van der Waals surface area contributed by atoms with Gasteiger partial charge in [0.25, 0.3) is 0 Å². The number of carbonyl (C=O) groups excluding carboxylic acids is 2. The molecule has 1 unspecified atom stereocenters. The molecule has 6 nitrogen and oxygen atoms in total. The maximum absolute atomic E-state index is 12.4. The molecule has 1 aromatic rings. The molecule has 0 aromatic carbocycles. The number of aromatic nitrogens is 2. The van der Waals surface area contributed by atoms with E-state index in [0.29, 0.717) is 11.4 Å². The lowest BCUT2D eigenvalue weighted by molar-refractivity contribution is -0.155. The van der Waals surface area contributed by atoms with E-state index in [9.17, 15) is 9.59 Å². The molecule has 0 saturated carbocycles. The summed E-state index contributed by atoms with van der Waals surface area (Å²) in [5, 5.41) is 6.91. The Bertz CT molecular complexity index is 500. The van der Waals surface area contributed by atoms with E-state index in [4.69, 9.17) is 4.74 Å². The molecule has 6 heteroatoms. The summed E-state index contributed by atoms with van der Waals surface area (Å²) in [7, 11) is 1.77. The van der Waals surface area contributed by atoms with Crippen molar-refractivity contribution in [3.8, 4) is 0 Å². The van der Waals surface area contributed by atoms with E-state index >= 15 is 0 Å². The average molecular weight is 281 g/mol. The molecule has 0 aliphatic rings. The molecule has 1 aromatic heterocycles. The van der Waals surface area contributed by atoms with E-state index in [2.05, 4.69) is 10.4 Å². The summed E-state index contributed by atoms with van der Waals surface area (Å²) in [6, 6.07) is 0.